The molecule has 170 valence electrons. The van der Waals surface area contributed by atoms with Crippen LogP contribution in [0.1, 0.15) is 11.1 Å². The number of amides is 2. The van der Waals surface area contributed by atoms with E-state index in [0.29, 0.717) is 33.2 Å². The van der Waals surface area contributed by atoms with Crippen LogP contribution in [-0.4, -0.2) is 25.1 Å². The van der Waals surface area contributed by atoms with Crippen LogP contribution in [0.15, 0.2) is 70.2 Å². The van der Waals surface area contributed by atoms with Crippen LogP contribution in [0.4, 0.5) is 5.69 Å². The highest BCUT2D eigenvalue weighted by Gasteiger charge is 2.15. The number of hydrogen-bond acceptors (Lipinski definition) is 5. The first-order valence-corrected chi connectivity index (χ1v) is 11.1. The van der Waals surface area contributed by atoms with E-state index in [0.717, 1.165) is 5.56 Å². The third-order valence-corrected chi connectivity index (χ3v) is 5.39. The Labute approximate surface area is 208 Å². The van der Waals surface area contributed by atoms with E-state index in [1.807, 2.05) is 30.3 Å². The molecule has 2 amide bonds. The lowest BCUT2D eigenvalue weighted by Crippen LogP contribution is -2.32. The number of methoxy groups -OCH3 is 1. The second kappa shape index (κ2) is 11.7. The zero-order valence-electron chi connectivity index (χ0n) is 17.3. The van der Waals surface area contributed by atoms with E-state index in [2.05, 4.69) is 31.8 Å². The van der Waals surface area contributed by atoms with Gasteiger partial charge in [0, 0.05) is 5.02 Å². The SMILES string of the molecule is COc1cc(/C=N/NC(=O)C(=O)Nc2cc(Cl)ccc2Cl)cc(Br)c1OCc1ccccc1. The minimum absolute atomic E-state index is 0.216. The van der Waals surface area contributed by atoms with Crippen molar-refractivity contribution in [3.8, 4) is 11.5 Å². The largest absolute Gasteiger partial charge is 0.493 e. The van der Waals surface area contributed by atoms with Gasteiger partial charge in [0.25, 0.3) is 0 Å². The van der Waals surface area contributed by atoms with Crippen LogP contribution < -0.4 is 20.2 Å². The Morgan fingerprint density at radius 2 is 1.82 bits per heavy atom. The van der Waals surface area contributed by atoms with E-state index in [-0.39, 0.29) is 10.7 Å². The van der Waals surface area contributed by atoms with Crippen molar-refractivity contribution in [1.82, 2.24) is 5.43 Å². The fourth-order valence-corrected chi connectivity index (χ4v) is 3.58. The van der Waals surface area contributed by atoms with Crippen LogP contribution in [0.2, 0.25) is 10.0 Å². The normalized spacial score (nSPS) is 10.7. The third-order valence-electron chi connectivity index (χ3n) is 4.24. The molecule has 0 spiro atoms. The summed E-state index contributed by atoms with van der Waals surface area (Å²) in [7, 11) is 1.52. The van der Waals surface area contributed by atoms with Crippen molar-refractivity contribution in [2.45, 2.75) is 6.61 Å². The fourth-order valence-electron chi connectivity index (χ4n) is 2.67. The van der Waals surface area contributed by atoms with Gasteiger partial charge in [0.1, 0.15) is 6.61 Å². The number of carbonyl (C=O) groups excluding carboxylic acids is 2. The summed E-state index contributed by atoms with van der Waals surface area (Å²) in [6, 6.07) is 17.7. The molecule has 7 nitrogen and oxygen atoms in total. The number of hydrazone groups is 1. The summed E-state index contributed by atoms with van der Waals surface area (Å²) < 4.78 is 11.9. The zero-order chi connectivity index (χ0) is 23.8. The van der Waals surface area contributed by atoms with Crippen molar-refractivity contribution in [1.29, 1.82) is 0 Å². The molecular formula is C23H18BrCl2N3O4. The number of anilines is 1. The Balaban J connectivity index is 1.63. The molecule has 0 heterocycles. The summed E-state index contributed by atoms with van der Waals surface area (Å²) in [4.78, 5) is 24.1. The number of nitrogens with zero attached hydrogens (tertiary/aromatic N) is 1. The Morgan fingerprint density at radius 3 is 2.55 bits per heavy atom. The average molecular weight is 551 g/mol. The molecule has 3 aromatic rings. The van der Waals surface area contributed by atoms with Crippen molar-refractivity contribution in [2.24, 2.45) is 5.10 Å². The number of ether oxygens (including phenoxy) is 2. The standard InChI is InChI=1S/C23H18BrCl2N3O4/c1-32-20-10-15(9-17(24)21(20)33-13-14-5-3-2-4-6-14)12-27-29-23(31)22(30)28-19-11-16(25)7-8-18(19)26/h2-12H,13H2,1H3,(H,28,30)(H,29,31)/b27-12+. The van der Waals surface area contributed by atoms with Crippen molar-refractivity contribution in [3.05, 3.63) is 86.3 Å². The van der Waals surface area contributed by atoms with Gasteiger partial charge < -0.3 is 14.8 Å². The van der Waals surface area contributed by atoms with Crippen LogP contribution >= 0.6 is 39.1 Å². The molecule has 0 fully saturated rings. The molecule has 0 aliphatic rings. The molecule has 0 atom stereocenters. The van der Waals surface area contributed by atoms with Crippen LogP contribution in [0, 0.1) is 0 Å². The maximum atomic E-state index is 12.1. The van der Waals surface area contributed by atoms with Gasteiger partial charge in [0.15, 0.2) is 11.5 Å². The summed E-state index contributed by atoms with van der Waals surface area (Å²) >= 11 is 15.3. The van der Waals surface area contributed by atoms with Crippen LogP contribution in [0.25, 0.3) is 0 Å². The van der Waals surface area contributed by atoms with E-state index in [4.69, 9.17) is 32.7 Å². The molecule has 0 aliphatic carbocycles. The highest BCUT2D eigenvalue weighted by molar-refractivity contribution is 9.10. The predicted molar refractivity (Wildman–Crippen MR) is 132 cm³/mol. The molecule has 2 N–H and O–H groups in total. The van der Waals surface area contributed by atoms with Crippen LogP contribution in [-0.2, 0) is 16.2 Å². The Kier molecular flexibility index (Phi) is 8.71. The molecule has 0 saturated carbocycles. The van der Waals surface area contributed by atoms with Gasteiger partial charge in [-0.15, -0.1) is 0 Å². The Bertz CT molecular complexity index is 1190. The molecule has 33 heavy (non-hydrogen) atoms. The number of halogens is 3. The van der Waals surface area contributed by atoms with Gasteiger partial charge in [0.05, 0.1) is 28.5 Å². The van der Waals surface area contributed by atoms with Gasteiger partial charge >= 0.3 is 11.8 Å². The highest BCUT2D eigenvalue weighted by Crippen LogP contribution is 2.36. The lowest BCUT2D eigenvalue weighted by molar-refractivity contribution is -0.136. The first-order chi connectivity index (χ1) is 15.9. The van der Waals surface area contributed by atoms with Crippen LogP contribution in [0.3, 0.4) is 0 Å². The molecule has 10 heteroatoms. The molecule has 0 radical (unpaired) electrons. The number of nitrogens with one attached hydrogen (secondary N) is 2. The first kappa shape index (κ1) is 24.6. The molecule has 0 unspecified atom stereocenters. The van der Waals surface area contributed by atoms with Crippen LogP contribution in [0.5, 0.6) is 11.5 Å². The van der Waals surface area contributed by atoms with Gasteiger partial charge in [0.2, 0.25) is 0 Å². The summed E-state index contributed by atoms with van der Waals surface area (Å²) in [5, 5.41) is 6.81. The first-order valence-electron chi connectivity index (χ1n) is 9.51. The molecular weight excluding hydrogens is 533 g/mol. The Hall–Kier alpha value is -3.07. The number of hydrogen-bond donors (Lipinski definition) is 2. The van der Waals surface area contributed by atoms with E-state index in [9.17, 15) is 9.59 Å². The third kappa shape index (κ3) is 6.95. The molecule has 0 aliphatic heterocycles. The summed E-state index contributed by atoms with van der Waals surface area (Å²) in [6.45, 7) is 0.366. The minimum atomic E-state index is -0.976. The second-order valence-corrected chi connectivity index (χ2v) is 8.28. The van der Waals surface area contributed by atoms with Gasteiger partial charge in [-0.05, 0) is 57.4 Å². The van der Waals surface area contributed by atoms with E-state index in [1.165, 1.54) is 25.5 Å². The van der Waals surface area contributed by atoms with E-state index < -0.39 is 11.8 Å². The van der Waals surface area contributed by atoms with Crippen molar-refractivity contribution in [2.75, 3.05) is 12.4 Å². The topological polar surface area (TPSA) is 89.0 Å². The number of rotatable bonds is 7. The van der Waals surface area contributed by atoms with Gasteiger partial charge in [-0.25, -0.2) is 5.43 Å². The average Bonchev–Trinajstić information content (AvgIpc) is 2.81. The fraction of sp³-hybridized carbons (Fsp3) is 0.0870. The monoisotopic (exact) mass is 549 g/mol. The second-order valence-electron chi connectivity index (χ2n) is 6.59. The van der Waals surface area contributed by atoms with Crippen molar-refractivity contribution in [3.63, 3.8) is 0 Å². The minimum Gasteiger partial charge on any atom is -0.493 e. The lowest BCUT2D eigenvalue weighted by atomic mass is 10.2. The maximum Gasteiger partial charge on any atom is 0.329 e. The smallest absolute Gasteiger partial charge is 0.329 e. The highest BCUT2D eigenvalue weighted by atomic mass is 79.9. The number of carbonyl (C=O) groups is 2. The molecule has 3 aromatic carbocycles. The quantitative estimate of drug-likeness (QED) is 0.233. The zero-order valence-corrected chi connectivity index (χ0v) is 20.4. The van der Waals surface area contributed by atoms with Gasteiger partial charge in [-0.2, -0.15) is 5.10 Å². The van der Waals surface area contributed by atoms with Crippen molar-refractivity contribution >= 4 is 62.8 Å². The Morgan fingerprint density at radius 1 is 1.06 bits per heavy atom. The van der Waals surface area contributed by atoms with Crippen molar-refractivity contribution < 1.29 is 19.1 Å². The summed E-state index contributed by atoms with van der Waals surface area (Å²) in [5.41, 5.74) is 3.99. The number of benzene rings is 3. The van der Waals surface area contributed by atoms with E-state index in [1.54, 1.807) is 18.2 Å². The lowest BCUT2D eigenvalue weighted by Gasteiger charge is -2.13. The molecule has 3 rings (SSSR count). The maximum absolute atomic E-state index is 12.1. The summed E-state index contributed by atoms with van der Waals surface area (Å²) in [6.07, 6.45) is 1.37. The van der Waals surface area contributed by atoms with Gasteiger partial charge in [-0.1, -0.05) is 53.5 Å². The predicted octanol–water partition coefficient (Wildman–Crippen LogP) is 5.43. The molecule has 0 aromatic heterocycles. The molecule has 0 saturated heterocycles. The van der Waals surface area contributed by atoms with Gasteiger partial charge in [-0.3, -0.25) is 9.59 Å². The molecule has 0 bridgehead atoms. The van der Waals surface area contributed by atoms with E-state index >= 15 is 0 Å². The summed E-state index contributed by atoms with van der Waals surface area (Å²) in [5.74, 6) is -0.919.